The van der Waals surface area contributed by atoms with Crippen molar-refractivity contribution < 1.29 is 4.79 Å². The summed E-state index contributed by atoms with van der Waals surface area (Å²) in [5.41, 5.74) is 4.17. The van der Waals surface area contributed by atoms with E-state index in [4.69, 9.17) is 11.6 Å². The standard InChI is InChI=1S/C14H13ClN2OS/c1-10(11-4-2-5-12(15)8-11)16-17-14(18)9-13-6-3-7-19-13/h2-8H,9H2,1H3,(H,17,18)/b16-10+. The second-order valence-electron chi connectivity index (χ2n) is 4.00. The van der Waals surface area contributed by atoms with E-state index in [0.29, 0.717) is 11.4 Å². The van der Waals surface area contributed by atoms with Crippen LogP contribution < -0.4 is 5.43 Å². The molecule has 1 aromatic heterocycles. The Labute approximate surface area is 120 Å². The van der Waals surface area contributed by atoms with Crippen LogP contribution in [0.5, 0.6) is 0 Å². The van der Waals surface area contributed by atoms with E-state index in [-0.39, 0.29) is 5.91 Å². The van der Waals surface area contributed by atoms with Crippen molar-refractivity contribution in [2.24, 2.45) is 5.10 Å². The molecule has 0 fully saturated rings. The summed E-state index contributed by atoms with van der Waals surface area (Å²) in [4.78, 5) is 12.7. The number of amides is 1. The van der Waals surface area contributed by atoms with E-state index in [2.05, 4.69) is 10.5 Å². The minimum absolute atomic E-state index is 0.121. The molecule has 2 aromatic rings. The van der Waals surface area contributed by atoms with Crippen LogP contribution in [0.25, 0.3) is 0 Å². The Kier molecular flexibility index (Phi) is 4.71. The summed E-state index contributed by atoms with van der Waals surface area (Å²) in [6.45, 7) is 1.83. The second-order valence-corrected chi connectivity index (χ2v) is 5.47. The smallest absolute Gasteiger partial charge is 0.245 e. The maximum Gasteiger partial charge on any atom is 0.245 e. The molecule has 0 aliphatic heterocycles. The first-order chi connectivity index (χ1) is 9.15. The fourth-order valence-electron chi connectivity index (χ4n) is 1.54. The average Bonchev–Trinajstić information content (AvgIpc) is 2.88. The lowest BCUT2D eigenvalue weighted by atomic mass is 10.1. The second kappa shape index (κ2) is 6.50. The molecule has 0 bridgehead atoms. The summed E-state index contributed by atoms with van der Waals surface area (Å²) in [6.07, 6.45) is 0.351. The highest BCUT2D eigenvalue weighted by Crippen LogP contribution is 2.11. The number of benzene rings is 1. The van der Waals surface area contributed by atoms with Gasteiger partial charge in [0, 0.05) is 9.90 Å². The summed E-state index contributed by atoms with van der Waals surface area (Å²) in [7, 11) is 0. The van der Waals surface area contributed by atoms with Crippen molar-refractivity contribution in [1.82, 2.24) is 5.43 Å². The van der Waals surface area contributed by atoms with Crippen LogP contribution in [-0.4, -0.2) is 11.6 Å². The maximum atomic E-state index is 11.7. The average molecular weight is 293 g/mol. The molecule has 0 spiro atoms. The lowest BCUT2D eigenvalue weighted by Gasteiger charge is -2.02. The number of nitrogens with zero attached hydrogens (tertiary/aromatic N) is 1. The molecular formula is C14H13ClN2OS. The van der Waals surface area contributed by atoms with Gasteiger partial charge in [-0.05, 0) is 36.1 Å². The number of hydrogen-bond donors (Lipinski definition) is 1. The largest absolute Gasteiger partial charge is 0.273 e. The van der Waals surface area contributed by atoms with Gasteiger partial charge in [0.15, 0.2) is 0 Å². The molecule has 0 saturated carbocycles. The van der Waals surface area contributed by atoms with Crippen LogP contribution in [0.2, 0.25) is 5.02 Å². The highest BCUT2D eigenvalue weighted by molar-refractivity contribution is 7.10. The van der Waals surface area contributed by atoms with Crippen molar-refractivity contribution in [3.63, 3.8) is 0 Å². The number of hydrazone groups is 1. The molecule has 1 amide bonds. The summed E-state index contributed by atoms with van der Waals surface area (Å²) >= 11 is 7.46. The van der Waals surface area contributed by atoms with Crippen LogP contribution in [0.4, 0.5) is 0 Å². The minimum Gasteiger partial charge on any atom is -0.273 e. The van der Waals surface area contributed by atoms with Crippen LogP contribution in [-0.2, 0) is 11.2 Å². The van der Waals surface area contributed by atoms with Gasteiger partial charge in [-0.25, -0.2) is 5.43 Å². The Balaban J connectivity index is 1.96. The molecule has 0 atom stereocenters. The van der Waals surface area contributed by atoms with Crippen LogP contribution >= 0.6 is 22.9 Å². The third kappa shape index (κ3) is 4.19. The van der Waals surface area contributed by atoms with Gasteiger partial charge in [-0.3, -0.25) is 4.79 Å². The third-order valence-corrected chi connectivity index (χ3v) is 3.62. The van der Waals surface area contributed by atoms with Gasteiger partial charge < -0.3 is 0 Å². The summed E-state index contributed by atoms with van der Waals surface area (Å²) in [5, 5.41) is 6.68. The van der Waals surface area contributed by atoms with Gasteiger partial charge in [0.1, 0.15) is 0 Å². The number of thiophene rings is 1. The van der Waals surface area contributed by atoms with Crippen LogP contribution in [0, 0.1) is 0 Å². The van der Waals surface area contributed by atoms with Gasteiger partial charge in [0.25, 0.3) is 0 Å². The van der Waals surface area contributed by atoms with E-state index in [9.17, 15) is 4.79 Å². The van der Waals surface area contributed by atoms with Crippen LogP contribution in [0.15, 0.2) is 46.9 Å². The predicted octanol–water partition coefficient (Wildman–Crippen LogP) is 3.48. The zero-order valence-corrected chi connectivity index (χ0v) is 12.0. The number of hydrogen-bond acceptors (Lipinski definition) is 3. The van der Waals surface area contributed by atoms with E-state index >= 15 is 0 Å². The highest BCUT2D eigenvalue weighted by atomic mass is 35.5. The summed E-state index contributed by atoms with van der Waals surface area (Å²) in [5.74, 6) is -0.121. The fourth-order valence-corrected chi connectivity index (χ4v) is 2.43. The third-order valence-electron chi connectivity index (χ3n) is 2.51. The lowest BCUT2D eigenvalue weighted by Crippen LogP contribution is -2.20. The summed E-state index contributed by atoms with van der Waals surface area (Å²) < 4.78 is 0. The Morgan fingerprint density at radius 3 is 2.89 bits per heavy atom. The Morgan fingerprint density at radius 2 is 2.21 bits per heavy atom. The van der Waals surface area contributed by atoms with Crippen molar-refractivity contribution >= 4 is 34.6 Å². The quantitative estimate of drug-likeness (QED) is 0.680. The molecule has 5 heteroatoms. The molecule has 98 valence electrons. The lowest BCUT2D eigenvalue weighted by molar-refractivity contribution is -0.120. The van der Waals surface area contributed by atoms with Crippen LogP contribution in [0.3, 0.4) is 0 Å². The highest BCUT2D eigenvalue weighted by Gasteiger charge is 2.04. The zero-order valence-electron chi connectivity index (χ0n) is 10.4. The number of carbonyl (C=O) groups excluding carboxylic acids is 1. The topological polar surface area (TPSA) is 41.5 Å². The number of halogens is 1. The van der Waals surface area contributed by atoms with E-state index in [1.54, 1.807) is 17.4 Å². The van der Waals surface area contributed by atoms with Crippen molar-refractivity contribution in [1.29, 1.82) is 0 Å². The molecule has 0 saturated heterocycles. The SMILES string of the molecule is C/C(=N\NC(=O)Cc1cccs1)c1cccc(Cl)c1. The maximum absolute atomic E-state index is 11.7. The Hall–Kier alpha value is -1.65. The van der Waals surface area contributed by atoms with E-state index < -0.39 is 0 Å². The fraction of sp³-hybridized carbons (Fsp3) is 0.143. The molecule has 0 unspecified atom stereocenters. The monoisotopic (exact) mass is 292 g/mol. The Bertz CT molecular complexity index is 593. The number of nitrogens with one attached hydrogen (secondary N) is 1. The first-order valence-corrected chi connectivity index (χ1v) is 7.02. The van der Waals surface area contributed by atoms with Gasteiger partial charge in [-0.15, -0.1) is 11.3 Å². The first-order valence-electron chi connectivity index (χ1n) is 5.76. The van der Waals surface area contributed by atoms with Crippen molar-refractivity contribution in [2.45, 2.75) is 13.3 Å². The van der Waals surface area contributed by atoms with Gasteiger partial charge in [0.05, 0.1) is 12.1 Å². The van der Waals surface area contributed by atoms with Gasteiger partial charge in [0.2, 0.25) is 5.91 Å². The number of carbonyl (C=O) groups is 1. The number of rotatable bonds is 4. The van der Waals surface area contributed by atoms with Crippen molar-refractivity contribution in [3.8, 4) is 0 Å². The van der Waals surface area contributed by atoms with Crippen molar-refractivity contribution in [3.05, 3.63) is 57.2 Å². The van der Waals surface area contributed by atoms with E-state index in [1.165, 1.54) is 0 Å². The summed E-state index contributed by atoms with van der Waals surface area (Å²) in [6, 6.07) is 11.2. The van der Waals surface area contributed by atoms with E-state index in [0.717, 1.165) is 16.2 Å². The van der Waals surface area contributed by atoms with E-state index in [1.807, 2.05) is 42.6 Å². The van der Waals surface area contributed by atoms with Gasteiger partial charge in [-0.1, -0.05) is 29.8 Å². The normalized spacial score (nSPS) is 11.4. The van der Waals surface area contributed by atoms with Gasteiger partial charge in [-0.2, -0.15) is 5.10 Å². The molecule has 1 N–H and O–H groups in total. The molecule has 1 heterocycles. The molecule has 1 aromatic carbocycles. The minimum atomic E-state index is -0.121. The molecule has 2 rings (SSSR count). The zero-order chi connectivity index (χ0) is 13.7. The van der Waals surface area contributed by atoms with Crippen LogP contribution in [0.1, 0.15) is 17.4 Å². The molecule has 0 aliphatic rings. The van der Waals surface area contributed by atoms with Gasteiger partial charge >= 0.3 is 0 Å². The molecule has 3 nitrogen and oxygen atoms in total. The first kappa shape index (κ1) is 13.8. The Morgan fingerprint density at radius 1 is 1.37 bits per heavy atom. The molecule has 0 aliphatic carbocycles. The predicted molar refractivity (Wildman–Crippen MR) is 79.8 cm³/mol. The van der Waals surface area contributed by atoms with Crippen molar-refractivity contribution in [2.75, 3.05) is 0 Å². The molecule has 19 heavy (non-hydrogen) atoms. The molecule has 0 radical (unpaired) electrons. The molecular weight excluding hydrogens is 280 g/mol.